The van der Waals surface area contributed by atoms with Crippen LogP contribution in [-0.4, -0.2) is 42.6 Å². The molecule has 25 heavy (non-hydrogen) atoms. The summed E-state index contributed by atoms with van der Waals surface area (Å²) >= 11 is 0. The van der Waals surface area contributed by atoms with Crippen molar-refractivity contribution in [2.45, 2.75) is 31.3 Å². The van der Waals surface area contributed by atoms with Crippen LogP contribution in [0.2, 0.25) is 0 Å². The summed E-state index contributed by atoms with van der Waals surface area (Å²) in [6.45, 7) is 0.792. The molecule has 0 saturated heterocycles. The zero-order chi connectivity index (χ0) is 19.3. The fourth-order valence-corrected chi connectivity index (χ4v) is 1.91. The number of ether oxygens (including phenoxy) is 2. The molecule has 0 aliphatic carbocycles. The van der Waals surface area contributed by atoms with Crippen molar-refractivity contribution in [1.29, 1.82) is 0 Å². The molecule has 10 heteroatoms. The van der Waals surface area contributed by atoms with Crippen LogP contribution in [0.3, 0.4) is 0 Å². The molecule has 140 valence electrons. The predicted molar refractivity (Wildman–Crippen MR) is 80.3 cm³/mol. The Morgan fingerprint density at radius 1 is 1.36 bits per heavy atom. The molecule has 1 rings (SSSR count). The van der Waals surface area contributed by atoms with E-state index in [1.807, 2.05) is 0 Å². The van der Waals surface area contributed by atoms with Crippen molar-refractivity contribution in [2.24, 2.45) is 5.73 Å². The maximum atomic E-state index is 12.4. The first-order valence-corrected chi connectivity index (χ1v) is 7.18. The lowest BCUT2D eigenvalue weighted by Gasteiger charge is -2.29. The van der Waals surface area contributed by atoms with Gasteiger partial charge in [-0.05, 0) is 24.6 Å². The fourth-order valence-electron chi connectivity index (χ4n) is 1.91. The highest BCUT2D eigenvalue weighted by atomic mass is 19.4. The van der Waals surface area contributed by atoms with Gasteiger partial charge >= 0.3 is 12.1 Å². The summed E-state index contributed by atoms with van der Waals surface area (Å²) in [6, 6.07) is 5.91. The molecule has 0 fully saturated rings. The van der Waals surface area contributed by atoms with E-state index < -0.39 is 42.8 Å². The normalized spacial score (nSPS) is 15.0. The van der Waals surface area contributed by atoms with Crippen molar-refractivity contribution in [1.82, 2.24) is 5.32 Å². The lowest BCUT2D eigenvalue weighted by molar-refractivity contribution is -0.215. The Bertz CT molecular complexity index is 623. The van der Waals surface area contributed by atoms with Crippen LogP contribution in [0.4, 0.5) is 13.2 Å². The van der Waals surface area contributed by atoms with E-state index in [2.05, 4.69) is 10.1 Å². The Kier molecular flexibility index (Phi) is 6.77. The Hall–Kier alpha value is -2.33. The van der Waals surface area contributed by atoms with Gasteiger partial charge in [-0.3, -0.25) is 10.5 Å². The van der Waals surface area contributed by atoms with Crippen LogP contribution in [-0.2, 0) is 14.3 Å². The molecule has 2 atom stereocenters. The van der Waals surface area contributed by atoms with Crippen LogP contribution in [0.25, 0.3) is 0 Å². The lowest BCUT2D eigenvalue weighted by atomic mass is 10.1. The van der Waals surface area contributed by atoms with Crippen molar-refractivity contribution in [3.05, 3.63) is 29.8 Å². The Balaban J connectivity index is 2.92. The molecule has 0 aliphatic heterocycles. The molecule has 4 N–H and O–H groups in total. The number of nitrogens with two attached hydrogens (primary N) is 1. The summed E-state index contributed by atoms with van der Waals surface area (Å²) in [4.78, 5) is 23.2. The molecule has 1 aromatic carbocycles. The SMILES string of the molecule is COc1cccc([C@@H](C)NC(=O)[C@@](N)(CCO)OC(=O)C(F)(F)F)c1. The average Bonchev–Trinajstić information content (AvgIpc) is 2.54. The first-order valence-electron chi connectivity index (χ1n) is 7.18. The number of halogens is 3. The highest BCUT2D eigenvalue weighted by Crippen LogP contribution is 2.23. The highest BCUT2D eigenvalue weighted by Gasteiger charge is 2.48. The minimum Gasteiger partial charge on any atom is -0.497 e. The Labute approximate surface area is 141 Å². The number of rotatable bonds is 7. The molecule has 7 nitrogen and oxygen atoms in total. The summed E-state index contributed by atoms with van der Waals surface area (Å²) in [7, 11) is 1.45. The minimum absolute atomic E-state index is 0.511. The largest absolute Gasteiger partial charge is 0.497 e. The maximum Gasteiger partial charge on any atom is 0.491 e. The molecule has 1 amide bonds. The maximum absolute atomic E-state index is 12.4. The fraction of sp³-hybridized carbons (Fsp3) is 0.467. The third-order valence-corrected chi connectivity index (χ3v) is 3.32. The number of amides is 1. The van der Waals surface area contributed by atoms with Gasteiger partial charge in [-0.1, -0.05) is 12.1 Å². The molecule has 0 aliphatic rings. The standard InChI is InChI=1S/C15H19F3N2O5/c1-9(10-4-3-5-11(8-10)24-2)20-12(22)14(19,6-7-21)25-13(23)15(16,17)18/h3-5,8-9,21H,6-7,19H2,1-2H3,(H,20,22)/t9-,14-/m1/s1. The molecular formula is C15H19F3N2O5. The third kappa shape index (κ3) is 5.61. The van der Waals surface area contributed by atoms with Gasteiger partial charge in [0, 0.05) is 13.0 Å². The van der Waals surface area contributed by atoms with E-state index in [0.29, 0.717) is 11.3 Å². The van der Waals surface area contributed by atoms with E-state index in [4.69, 9.17) is 15.6 Å². The number of hydrogen-bond acceptors (Lipinski definition) is 6. The Morgan fingerprint density at radius 3 is 2.52 bits per heavy atom. The molecule has 0 spiro atoms. The van der Waals surface area contributed by atoms with Gasteiger partial charge in [0.15, 0.2) is 0 Å². The van der Waals surface area contributed by atoms with E-state index in [9.17, 15) is 22.8 Å². The van der Waals surface area contributed by atoms with E-state index in [1.54, 1.807) is 31.2 Å². The third-order valence-electron chi connectivity index (χ3n) is 3.32. The number of aliphatic hydroxyl groups is 1. The summed E-state index contributed by atoms with van der Waals surface area (Å²) in [5.41, 5.74) is 3.42. The van der Waals surface area contributed by atoms with Crippen LogP contribution >= 0.6 is 0 Å². The Morgan fingerprint density at radius 2 is 2.00 bits per heavy atom. The molecule has 0 heterocycles. The molecule has 0 aromatic heterocycles. The van der Waals surface area contributed by atoms with Crippen LogP contribution in [0.5, 0.6) is 5.75 Å². The number of alkyl halides is 3. The zero-order valence-electron chi connectivity index (χ0n) is 13.6. The molecule has 0 radical (unpaired) electrons. The van der Waals surface area contributed by atoms with Gasteiger partial charge in [0.1, 0.15) is 5.75 Å². The van der Waals surface area contributed by atoms with Crippen LogP contribution < -0.4 is 15.8 Å². The number of carbonyl (C=O) groups excluding carboxylic acids is 2. The van der Waals surface area contributed by atoms with Crippen molar-refractivity contribution in [3.8, 4) is 5.75 Å². The number of esters is 1. The quantitative estimate of drug-likeness (QED) is 0.492. The van der Waals surface area contributed by atoms with Gasteiger partial charge in [0.25, 0.3) is 5.91 Å². The summed E-state index contributed by atoms with van der Waals surface area (Å²) in [6.07, 6.45) is -6.02. The van der Waals surface area contributed by atoms with E-state index >= 15 is 0 Å². The number of benzene rings is 1. The minimum atomic E-state index is -5.32. The van der Waals surface area contributed by atoms with Crippen molar-refractivity contribution in [3.63, 3.8) is 0 Å². The van der Waals surface area contributed by atoms with Gasteiger partial charge in [-0.2, -0.15) is 13.2 Å². The number of methoxy groups -OCH3 is 1. The second kappa shape index (κ2) is 8.17. The van der Waals surface area contributed by atoms with Crippen molar-refractivity contribution in [2.75, 3.05) is 13.7 Å². The molecule has 0 bridgehead atoms. The monoisotopic (exact) mass is 364 g/mol. The van der Waals surface area contributed by atoms with E-state index in [1.165, 1.54) is 7.11 Å². The summed E-state index contributed by atoms with van der Waals surface area (Å²) < 4.78 is 46.2. The molecule has 0 unspecified atom stereocenters. The first kappa shape index (κ1) is 20.7. The van der Waals surface area contributed by atoms with Crippen LogP contribution in [0.1, 0.15) is 24.9 Å². The molecule has 0 saturated carbocycles. The number of hydrogen-bond donors (Lipinski definition) is 3. The number of nitrogens with one attached hydrogen (secondary N) is 1. The summed E-state index contributed by atoms with van der Waals surface area (Å²) in [5.74, 6) is -3.28. The van der Waals surface area contributed by atoms with Gasteiger partial charge in [0.05, 0.1) is 13.2 Å². The average molecular weight is 364 g/mol. The van der Waals surface area contributed by atoms with Gasteiger partial charge in [-0.15, -0.1) is 0 Å². The summed E-state index contributed by atoms with van der Waals surface area (Å²) in [5, 5.41) is 11.3. The predicted octanol–water partition coefficient (Wildman–Crippen LogP) is 1.02. The van der Waals surface area contributed by atoms with Gasteiger partial charge in [0.2, 0.25) is 5.72 Å². The smallest absolute Gasteiger partial charge is 0.491 e. The number of aliphatic hydroxyl groups excluding tert-OH is 1. The van der Waals surface area contributed by atoms with Gasteiger partial charge < -0.3 is 19.9 Å². The second-order valence-electron chi connectivity index (χ2n) is 5.22. The van der Waals surface area contributed by atoms with Crippen LogP contribution in [0, 0.1) is 0 Å². The topological polar surface area (TPSA) is 111 Å². The first-order chi connectivity index (χ1) is 11.5. The second-order valence-corrected chi connectivity index (χ2v) is 5.22. The van der Waals surface area contributed by atoms with Crippen LogP contribution in [0.15, 0.2) is 24.3 Å². The van der Waals surface area contributed by atoms with E-state index in [-0.39, 0.29) is 0 Å². The van der Waals surface area contributed by atoms with Crippen molar-refractivity contribution >= 4 is 11.9 Å². The van der Waals surface area contributed by atoms with Gasteiger partial charge in [-0.25, -0.2) is 4.79 Å². The zero-order valence-corrected chi connectivity index (χ0v) is 13.6. The van der Waals surface area contributed by atoms with E-state index in [0.717, 1.165) is 0 Å². The number of carbonyl (C=O) groups is 2. The highest BCUT2D eigenvalue weighted by molar-refractivity contribution is 5.88. The molecule has 1 aromatic rings. The van der Waals surface area contributed by atoms with Crippen molar-refractivity contribution < 1.29 is 37.3 Å². The lowest BCUT2D eigenvalue weighted by Crippen LogP contribution is -2.59. The molecular weight excluding hydrogens is 345 g/mol.